The number of aliphatic imine (C=N–C) groups is 1. The fraction of sp³-hybridized carbons (Fsp3) is 0.472. The summed E-state index contributed by atoms with van der Waals surface area (Å²) in [7, 11) is 0. The second-order valence-corrected chi connectivity index (χ2v) is 13.6. The van der Waals surface area contributed by atoms with E-state index in [0.717, 1.165) is 45.9 Å². The lowest BCUT2D eigenvalue weighted by Crippen LogP contribution is -2.48. The summed E-state index contributed by atoms with van der Waals surface area (Å²) < 4.78 is 5.96. The number of hydrogen-bond acceptors (Lipinski definition) is 3. The topological polar surface area (TPSA) is 41.8 Å². The molecule has 0 unspecified atom stereocenters. The first-order valence-electron chi connectivity index (χ1n) is 14.9. The first-order chi connectivity index (χ1) is 18.6. The van der Waals surface area contributed by atoms with E-state index in [4.69, 9.17) is 9.73 Å². The van der Waals surface area contributed by atoms with Gasteiger partial charge in [0.15, 0.2) is 0 Å². The van der Waals surface area contributed by atoms with Crippen LogP contribution in [0.2, 0.25) is 0 Å². The minimum Gasteiger partial charge on any atom is -0.507 e. The fourth-order valence-corrected chi connectivity index (χ4v) is 8.12. The molecule has 4 aliphatic rings. The van der Waals surface area contributed by atoms with Gasteiger partial charge < -0.3 is 9.84 Å². The van der Waals surface area contributed by atoms with E-state index in [9.17, 15) is 5.11 Å². The van der Waals surface area contributed by atoms with Crippen LogP contribution in [0, 0.1) is 24.7 Å². The highest BCUT2D eigenvalue weighted by Gasteiger charge is 2.52. The largest absolute Gasteiger partial charge is 0.507 e. The summed E-state index contributed by atoms with van der Waals surface area (Å²) in [6.45, 7) is 11.5. The van der Waals surface area contributed by atoms with Crippen LogP contribution in [0.15, 0.2) is 59.6 Å². The number of rotatable bonds is 6. The van der Waals surface area contributed by atoms with E-state index in [1.807, 2.05) is 31.3 Å². The first-order valence-corrected chi connectivity index (χ1v) is 14.9. The molecular weight excluding hydrogens is 478 g/mol. The van der Waals surface area contributed by atoms with Gasteiger partial charge in [-0.3, -0.25) is 4.99 Å². The molecule has 0 aliphatic heterocycles. The molecule has 4 aliphatic carbocycles. The van der Waals surface area contributed by atoms with Crippen molar-refractivity contribution in [2.24, 2.45) is 22.7 Å². The SMILES string of the molecule is CCOc1ccccc1-c1cc(C)ccc1N=Cc1cc(C(C)(C)C)cc(C23CC4CC(CC(C4)C2)C3)c1O. The highest BCUT2D eigenvalue weighted by Crippen LogP contribution is 2.62. The van der Waals surface area contributed by atoms with Gasteiger partial charge >= 0.3 is 0 Å². The molecule has 3 aromatic carbocycles. The molecule has 0 amide bonds. The van der Waals surface area contributed by atoms with Crippen molar-refractivity contribution in [3.63, 3.8) is 0 Å². The van der Waals surface area contributed by atoms with E-state index < -0.39 is 0 Å². The number of aryl methyl sites for hydroxylation is 1. The second-order valence-electron chi connectivity index (χ2n) is 13.6. The number of phenolic OH excluding ortho intramolecular Hbond substituents is 1. The maximum absolute atomic E-state index is 11.9. The molecule has 3 heteroatoms. The van der Waals surface area contributed by atoms with Crippen molar-refractivity contribution in [3.05, 3.63) is 76.9 Å². The van der Waals surface area contributed by atoms with Crippen LogP contribution in [-0.4, -0.2) is 17.9 Å². The van der Waals surface area contributed by atoms with Crippen LogP contribution in [0.5, 0.6) is 11.5 Å². The van der Waals surface area contributed by atoms with E-state index >= 15 is 0 Å². The normalized spacial score (nSPS) is 25.9. The Morgan fingerprint density at radius 2 is 1.59 bits per heavy atom. The molecule has 0 saturated heterocycles. The number of nitrogens with zero attached hydrogens (tertiary/aromatic N) is 1. The van der Waals surface area contributed by atoms with Crippen molar-refractivity contribution >= 4 is 11.9 Å². The quantitative estimate of drug-likeness (QED) is 0.328. The van der Waals surface area contributed by atoms with Gasteiger partial charge in [0, 0.05) is 28.5 Å². The van der Waals surface area contributed by atoms with Crippen molar-refractivity contribution in [1.29, 1.82) is 0 Å². The van der Waals surface area contributed by atoms with Crippen molar-refractivity contribution in [2.45, 2.75) is 84.0 Å². The zero-order valence-electron chi connectivity index (χ0n) is 24.3. The Morgan fingerprint density at radius 3 is 2.23 bits per heavy atom. The maximum atomic E-state index is 11.9. The Hall–Kier alpha value is -3.07. The lowest BCUT2D eigenvalue weighted by atomic mass is 9.47. The van der Waals surface area contributed by atoms with E-state index in [2.05, 4.69) is 64.1 Å². The monoisotopic (exact) mass is 521 g/mol. The van der Waals surface area contributed by atoms with Crippen molar-refractivity contribution in [3.8, 4) is 22.6 Å². The van der Waals surface area contributed by atoms with Gasteiger partial charge in [-0.05, 0) is 111 Å². The average molecular weight is 522 g/mol. The highest BCUT2D eigenvalue weighted by molar-refractivity contribution is 5.90. The number of ether oxygens (including phenoxy) is 1. The van der Waals surface area contributed by atoms with Crippen LogP contribution >= 0.6 is 0 Å². The predicted molar refractivity (Wildman–Crippen MR) is 162 cm³/mol. The van der Waals surface area contributed by atoms with E-state index in [-0.39, 0.29) is 10.8 Å². The molecule has 4 bridgehead atoms. The Kier molecular flexibility index (Phi) is 6.60. The van der Waals surface area contributed by atoms with Crippen LogP contribution in [0.25, 0.3) is 11.1 Å². The number of benzene rings is 3. The molecule has 0 atom stereocenters. The lowest BCUT2D eigenvalue weighted by molar-refractivity contribution is -0.00619. The third kappa shape index (κ3) is 4.90. The lowest BCUT2D eigenvalue weighted by Gasteiger charge is -2.57. The van der Waals surface area contributed by atoms with Gasteiger partial charge in [-0.25, -0.2) is 0 Å². The Labute approximate surface area is 234 Å². The summed E-state index contributed by atoms with van der Waals surface area (Å²) in [5, 5.41) is 11.9. The second kappa shape index (κ2) is 9.84. The summed E-state index contributed by atoms with van der Waals surface area (Å²) in [5.74, 6) is 3.78. The van der Waals surface area contributed by atoms with Gasteiger partial charge in [-0.2, -0.15) is 0 Å². The molecule has 3 nitrogen and oxygen atoms in total. The zero-order chi connectivity index (χ0) is 27.4. The highest BCUT2D eigenvalue weighted by atomic mass is 16.5. The van der Waals surface area contributed by atoms with Gasteiger partial charge in [-0.1, -0.05) is 56.7 Å². The molecule has 3 aromatic rings. The van der Waals surface area contributed by atoms with Gasteiger partial charge in [0.2, 0.25) is 0 Å². The van der Waals surface area contributed by atoms with Crippen molar-refractivity contribution in [2.75, 3.05) is 6.61 Å². The Morgan fingerprint density at radius 1 is 0.923 bits per heavy atom. The summed E-state index contributed by atoms with van der Waals surface area (Å²) in [6.07, 6.45) is 9.77. The molecule has 0 spiro atoms. The third-order valence-electron chi connectivity index (χ3n) is 9.59. The summed E-state index contributed by atoms with van der Waals surface area (Å²) in [4.78, 5) is 5.03. The fourth-order valence-electron chi connectivity index (χ4n) is 8.12. The average Bonchev–Trinajstić information content (AvgIpc) is 2.87. The molecule has 0 aromatic heterocycles. The smallest absolute Gasteiger partial charge is 0.128 e. The third-order valence-corrected chi connectivity index (χ3v) is 9.59. The molecule has 39 heavy (non-hydrogen) atoms. The summed E-state index contributed by atoms with van der Waals surface area (Å²) in [5.41, 5.74) is 7.53. The van der Waals surface area contributed by atoms with Gasteiger partial charge in [0.25, 0.3) is 0 Å². The van der Waals surface area contributed by atoms with E-state index in [1.54, 1.807) is 0 Å². The molecule has 204 valence electrons. The molecule has 4 fully saturated rings. The molecule has 0 radical (unpaired) electrons. The standard InChI is InChI=1S/C36H43NO2/c1-6-39-33-10-8-7-9-29(33)30-13-23(2)11-12-32(30)37-22-27-17-28(35(3,4)5)18-31(34(27)38)36-19-24-14-25(20-36)16-26(15-24)21-36/h7-13,17-18,22,24-26,38H,6,14-16,19-21H2,1-5H3. The van der Waals surface area contributed by atoms with E-state index in [1.165, 1.54) is 55.2 Å². The van der Waals surface area contributed by atoms with Crippen molar-refractivity contribution < 1.29 is 9.84 Å². The van der Waals surface area contributed by atoms with Crippen LogP contribution in [0.4, 0.5) is 5.69 Å². The molecule has 4 saturated carbocycles. The van der Waals surface area contributed by atoms with Crippen LogP contribution < -0.4 is 4.74 Å². The Balaban J connectivity index is 1.45. The molecular formula is C36H43NO2. The van der Waals surface area contributed by atoms with Crippen molar-refractivity contribution in [1.82, 2.24) is 0 Å². The van der Waals surface area contributed by atoms with Gasteiger partial charge in [0.1, 0.15) is 11.5 Å². The number of para-hydroxylation sites is 1. The minimum atomic E-state index is -0.0151. The first kappa shape index (κ1) is 26.2. The number of phenols is 1. The minimum absolute atomic E-state index is 0.0151. The summed E-state index contributed by atoms with van der Waals surface area (Å²) in [6, 6.07) is 19.0. The van der Waals surface area contributed by atoms with Gasteiger partial charge in [-0.15, -0.1) is 0 Å². The van der Waals surface area contributed by atoms with Crippen LogP contribution in [0.1, 0.15) is 88.5 Å². The Bertz CT molecular complexity index is 1370. The zero-order valence-corrected chi connectivity index (χ0v) is 24.3. The maximum Gasteiger partial charge on any atom is 0.128 e. The van der Waals surface area contributed by atoms with Crippen LogP contribution in [-0.2, 0) is 10.8 Å². The summed E-state index contributed by atoms with van der Waals surface area (Å²) >= 11 is 0. The molecule has 0 heterocycles. The number of hydrogen-bond donors (Lipinski definition) is 1. The number of aromatic hydroxyl groups is 1. The molecule has 1 N–H and O–H groups in total. The molecule has 7 rings (SSSR count). The van der Waals surface area contributed by atoms with Crippen LogP contribution in [0.3, 0.4) is 0 Å². The van der Waals surface area contributed by atoms with Gasteiger partial charge in [0.05, 0.1) is 12.3 Å². The van der Waals surface area contributed by atoms with E-state index in [0.29, 0.717) is 12.4 Å². The predicted octanol–water partition coefficient (Wildman–Crippen LogP) is 9.28.